The zero-order valence-corrected chi connectivity index (χ0v) is 34.6. The average Bonchev–Trinajstić information content (AvgIpc) is 3.66. The predicted octanol–water partition coefficient (Wildman–Crippen LogP) is 10.7. The van der Waals surface area contributed by atoms with Gasteiger partial charge in [0, 0.05) is 45.5 Å². The topological polar surface area (TPSA) is 34.0 Å². The van der Waals surface area contributed by atoms with E-state index in [1.807, 2.05) is 18.5 Å². The summed E-state index contributed by atoms with van der Waals surface area (Å²) in [6.07, 6.45) is 3.81. The molecule has 4 nitrogen and oxygen atoms in total. The molecule has 60 heavy (non-hydrogen) atoms. The van der Waals surface area contributed by atoms with Gasteiger partial charge in [0.2, 0.25) is 0 Å². The Morgan fingerprint density at radius 2 is 1.07 bits per heavy atom. The minimum atomic E-state index is -2.98. The minimum absolute atomic E-state index is 0.261. The van der Waals surface area contributed by atoms with Crippen LogP contribution in [0.4, 0.5) is 17.1 Å². The van der Waals surface area contributed by atoms with Crippen molar-refractivity contribution in [2.24, 2.45) is 0 Å². The Morgan fingerprint density at radius 1 is 0.450 bits per heavy atom. The van der Waals surface area contributed by atoms with Gasteiger partial charge >= 0.3 is 0 Å². The molecule has 10 aromatic rings. The maximum atomic E-state index is 5.18. The van der Waals surface area contributed by atoms with E-state index in [1.165, 1.54) is 48.6 Å². The summed E-state index contributed by atoms with van der Waals surface area (Å²) in [5.41, 5.74) is 11.1. The van der Waals surface area contributed by atoms with E-state index in [9.17, 15) is 0 Å². The van der Waals surface area contributed by atoms with Crippen molar-refractivity contribution in [2.75, 3.05) is 4.90 Å². The minimum Gasteiger partial charge on any atom is -0.308 e. The van der Waals surface area contributed by atoms with E-state index in [1.54, 1.807) is 0 Å². The molecular weight excluding hydrogens is 745 g/mol. The van der Waals surface area contributed by atoms with Crippen molar-refractivity contribution in [1.82, 2.24) is 14.5 Å². The molecule has 1 aliphatic heterocycles. The van der Waals surface area contributed by atoms with Crippen LogP contribution in [-0.4, -0.2) is 22.6 Å². The fraction of sp³-hybridized carbons (Fsp3) is 0.0545. The van der Waals surface area contributed by atoms with Crippen LogP contribution in [0.2, 0.25) is 0 Å². The first-order chi connectivity index (χ1) is 29.5. The second-order valence-electron chi connectivity index (χ2n) is 16.2. The van der Waals surface area contributed by atoms with Crippen molar-refractivity contribution in [2.45, 2.75) is 19.3 Å². The van der Waals surface area contributed by atoms with Gasteiger partial charge in [0.05, 0.1) is 22.6 Å². The SMILES string of the molecule is CC1(C)c2ccccc2N(c2ccccc2)c2c1ccc1c3cccnc3n(-c3cccc([Si](c4ccccc4)(c4ccccc4)c4cccc(-c5ccccn5)c4)c3)c21. The monoisotopic (exact) mass is 786 g/mol. The van der Waals surface area contributed by atoms with Crippen molar-refractivity contribution in [1.29, 1.82) is 0 Å². The molecule has 11 rings (SSSR count). The third-order valence-corrected chi connectivity index (χ3v) is 17.4. The first-order valence-corrected chi connectivity index (χ1v) is 22.7. The van der Waals surface area contributed by atoms with Crippen LogP contribution < -0.4 is 25.6 Å². The third kappa shape index (κ3) is 5.43. The molecule has 0 radical (unpaired) electrons. The molecule has 0 bridgehead atoms. The van der Waals surface area contributed by atoms with Crippen LogP contribution in [0.5, 0.6) is 0 Å². The fourth-order valence-corrected chi connectivity index (χ4v) is 14.7. The van der Waals surface area contributed by atoms with Crippen molar-refractivity contribution in [3.8, 4) is 16.9 Å². The molecule has 0 saturated heterocycles. The van der Waals surface area contributed by atoms with Gasteiger partial charge in [0.25, 0.3) is 0 Å². The highest BCUT2D eigenvalue weighted by molar-refractivity contribution is 7.20. The predicted molar refractivity (Wildman–Crippen MR) is 252 cm³/mol. The van der Waals surface area contributed by atoms with Crippen molar-refractivity contribution < 1.29 is 0 Å². The van der Waals surface area contributed by atoms with E-state index in [0.717, 1.165) is 39.2 Å². The second-order valence-corrected chi connectivity index (χ2v) is 20.0. The number of benzene rings is 7. The van der Waals surface area contributed by atoms with E-state index in [4.69, 9.17) is 9.97 Å². The molecule has 286 valence electrons. The molecule has 0 N–H and O–H groups in total. The molecule has 0 fully saturated rings. The number of para-hydroxylation sites is 2. The quantitative estimate of drug-likeness (QED) is 0.119. The Balaban J connectivity index is 1.24. The van der Waals surface area contributed by atoms with Crippen LogP contribution in [0.15, 0.2) is 219 Å². The average molecular weight is 787 g/mol. The molecule has 3 aromatic heterocycles. The Bertz CT molecular complexity index is 3140. The van der Waals surface area contributed by atoms with Crippen LogP contribution in [0.1, 0.15) is 25.0 Å². The largest absolute Gasteiger partial charge is 0.308 e. The van der Waals surface area contributed by atoms with Crippen molar-refractivity contribution in [3.05, 3.63) is 230 Å². The van der Waals surface area contributed by atoms with Gasteiger partial charge < -0.3 is 4.90 Å². The van der Waals surface area contributed by atoms with Crippen LogP contribution in [0.25, 0.3) is 38.9 Å². The summed E-state index contributed by atoms with van der Waals surface area (Å²) in [4.78, 5) is 12.4. The standard InChI is InChI=1S/C55H42N4Si/c1-55(2)48-30-12-13-32-51(48)58(40-20-6-3-7-21-40)53-49(55)34-33-46-47-29-18-36-57-54(47)59(52(46)53)41-22-17-28-45(38-41)60(42-23-8-4-9-24-42,43-25-10-5-11-26-43)44-27-16-19-39(37-44)50-31-14-15-35-56-50/h3-38H,1-2H3. The van der Waals surface area contributed by atoms with Gasteiger partial charge in [-0.05, 0) is 86.5 Å². The summed E-state index contributed by atoms with van der Waals surface area (Å²) in [7, 11) is -2.98. The zero-order valence-electron chi connectivity index (χ0n) is 33.6. The Labute approximate surface area is 351 Å². The summed E-state index contributed by atoms with van der Waals surface area (Å²) in [6, 6.07) is 75.6. The Hall–Kier alpha value is -7.34. The molecule has 5 heteroatoms. The third-order valence-electron chi connectivity index (χ3n) is 12.6. The maximum Gasteiger partial charge on any atom is 0.179 e. The van der Waals surface area contributed by atoms with E-state index in [-0.39, 0.29) is 5.41 Å². The number of rotatable bonds is 7. The summed E-state index contributed by atoms with van der Waals surface area (Å²) >= 11 is 0. The summed E-state index contributed by atoms with van der Waals surface area (Å²) in [6.45, 7) is 4.73. The highest BCUT2D eigenvalue weighted by atomic mass is 28.3. The van der Waals surface area contributed by atoms with E-state index < -0.39 is 8.07 Å². The van der Waals surface area contributed by atoms with E-state index in [0.29, 0.717) is 0 Å². The molecule has 0 spiro atoms. The van der Waals surface area contributed by atoms with Gasteiger partial charge in [-0.25, -0.2) is 4.98 Å². The van der Waals surface area contributed by atoms with E-state index in [2.05, 4.69) is 224 Å². The summed E-state index contributed by atoms with van der Waals surface area (Å²) < 4.78 is 2.44. The highest BCUT2D eigenvalue weighted by Crippen LogP contribution is 2.55. The number of nitrogens with zero attached hydrogens (tertiary/aromatic N) is 4. The van der Waals surface area contributed by atoms with Gasteiger partial charge in [-0.2, -0.15) is 0 Å². The lowest BCUT2D eigenvalue weighted by Crippen LogP contribution is -2.74. The van der Waals surface area contributed by atoms with Crippen LogP contribution >= 0.6 is 0 Å². The van der Waals surface area contributed by atoms with E-state index >= 15 is 0 Å². The Morgan fingerprint density at radius 3 is 1.80 bits per heavy atom. The van der Waals surface area contributed by atoms with Gasteiger partial charge in [-0.1, -0.05) is 166 Å². The van der Waals surface area contributed by atoms with Gasteiger partial charge in [0.1, 0.15) is 5.65 Å². The van der Waals surface area contributed by atoms with Gasteiger partial charge in [0.15, 0.2) is 8.07 Å². The van der Waals surface area contributed by atoms with Gasteiger partial charge in [-0.3, -0.25) is 9.55 Å². The molecule has 7 aromatic carbocycles. The maximum absolute atomic E-state index is 5.18. The van der Waals surface area contributed by atoms with Crippen molar-refractivity contribution >= 4 is 67.8 Å². The highest BCUT2D eigenvalue weighted by Gasteiger charge is 2.43. The lowest BCUT2D eigenvalue weighted by atomic mass is 9.73. The molecule has 0 atom stereocenters. The number of hydrogen-bond acceptors (Lipinski definition) is 3. The number of hydrogen-bond donors (Lipinski definition) is 0. The summed E-state index contributed by atoms with van der Waals surface area (Å²) in [5, 5.41) is 7.53. The first-order valence-electron chi connectivity index (χ1n) is 20.7. The smallest absolute Gasteiger partial charge is 0.179 e. The molecular formula is C55H42N4Si. The van der Waals surface area contributed by atoms with Gasteiger partial charge in [-0.15, -0.1) is 0 Å². The number of fused-ring (bicyclic) bond motifs is 6. The Kier molecular flexibility index (Phi) is 8.46. The molecule has 0 saturated carbocycles. The fourth-order valence-electron chi connectivity index (χ4n) is 9.90. The molecule has 1 aliphatic rings. The number of aromatic nitrogens is 3. The number of anilines is 3. The van der Waals surface area contributed by atoms with Crippen molar-refractivity contribution in [3.63, 3.8) is 0 Å². The normalized spacial score (nSPS) is 13.3. The zero-order chi connectivity index (χ0) is 40.3. The molecule has 4 heterocycles. The van der Waals surface area contributed by atoms with Crippen LogP contribution in [0.3, 0.4) is 0 Å². The molecule has 0 aliphatic carbocycles. The lowest BCUT2D eigenvalue weighted by Gasteiger charge is -2.42. The lowest BCUT2D eigenvalue weighted by molar-refractivity contribution is 0.633. The first kappa shape index (κ1) is 35.8. The number of pyridine rings is 2. The summed E-state index contributed by atoms with van der Waals surface area (Å²) in [5.74, 6) is 0. The molecule has 0 amide bonds. The second kappa shape index (κ2) is 14.2. The van der Waals surface area contributed by atoms with Crippen LogP contribution in [0, 0.1) is 0 Å². The van der Waals surface area contributed by atoms with Crippen LogP contribution in [-0.2, 0) is 5.41 Å². The molecule has 0 unspecified atom stereocenters.